The molecule has 4 nitrogen and oxygen atoms in total. The van der Waals surface area contributed by atoms with E-state index in [0.717, 1.165) is 16.9 Å². The molecule has 1 unspecified atom stereocenters. The van der Waals surface area contributed by atoms with Crippen LogP contribution in [0.5, 0.6) is 0 Å². The van der Waals surface area contributed by atoms with E-state index in [9.17, 15) is 9.59 Å². The van der Waals surface area contributed by atoms with Crippen molar-refractivity contribution >= 4 is 58.2 Å². The SMILES string of the molecule is CCCC(=O)Nc1cccc(SC(C(=O)Nc2ccc(Cl)cc2Cl)c2ccccc2)c1. The minimum absolute atomic E-state index is 0.0283. The molecule has 3 aromatic carbocycles. The fourth-order valence-electron chi connectivity index (χ4n) is 2.92. The van der Waals surface area contributed by atoms with E-state index in [-0.39, 0.29) is 11.8 Å². The van der Waals surface area contributed by atoms with E-state index in [1.165, 1.54) is 11.8 Å². The largest absolute Gasteiger partial charge is 0.326 e. The molecule has 1 atom stereocenters. The van der Waals surface area contributed by atoms with Crippen molar-refractivity contribution < 1.29 is 9.59 Å². The van der Waals surface area contributed by atoms with Crippen LogP contribution in [-0.2, 0) is 9.59 Å². The maximum atomic E-state index is 13.2. The molecular formula is C24H22Cl2N2O2S. The lowest BCUT2D eigenvalue weighted by molar-refractivity contribution is -0.116. The van der Waals surface area contributed by atoms with Gasteiger partial charge in [0, 0.05) is 22.0 Å². The first-order valence-corrected chi connectivity index (χ1v) is 11.5. The summed E-state index contributed by atoms with van der Waals surface area (Å²) in [4.78, 5) is 26.0. The molecule has 0 aromatic heterocycles. The number of nitrogens with one attached hydrogen (secondary N) is 2. The summed E-state index contributed by atoms with van der Waals surface area (Å²) >= 11 is 13.6. The molecule has 7 heteroatoms. The first kappa shape index (κ1) is 23.2. The smallest absolute Gasteiger partial charge is 0.242 e. The highest BCUT2D eigenvalue weighted by Crippen LogP contribution is 2.38. The molecule has 0 saturated heterocycles. The third kappa shape index (κ3) is 6.76. The molecule has 0 spiro atoms. The second-order valence-corrected chi connectivity index (χ2v) is 8.87. The van der Waals surface area contributed by atoms with Crippen molar-refractivity contribution in [3.05, 3.63) is 88.4 Å². The van der Waals surface area contributed by atoms with E-state index in [1.54, 1.807) is 18.2 Å². The zero-order chi connectivity index (χ0) is 22.2. The van der Waals surface area contributed by atoms with Crippen LogP contribution in [0.25, 0.3) is 0 Å². The maximum Gasteiger partial charge on any atom is 0.242 e. The highest BCUT2D eigenvalue weighted by molar-refractivity contribution is 8.00. The summed E-state index contributed by atoms with van der Waals surface area (Å²) in [5.41, 5.74) is 2.06. The topological polar surface area (TPSA) is 58.2 Å². The molecule has 0 radical (unpaired) electrons. The van der Waals surface area contributed by atoms with Crippen molar-refractivity contribution in [2.24, 2.45) is 0 Å². The van der Waals surface area contributed by atoms with Crippen LogP contribution in [0.2, 0.25) is 10.0 Å². The molecule has 0 fully saturated rings. The molecule has 160 valence electrons. The van der Waals surface area contributed by atoms with Crippen molar-refractivity contribution in [2.75, 3.05) is 10.6 Å². The number of amides is 2. The van der Waals surface area contributed by atoms with Crippen LogP contribution in [0.4, 0.5) is 11.4 Å². The highest BCUT2D eigenvalue weighted by atomic mass is 35.5. The van der Waals surface area contributed by atoms with Crippen LogP contribution >= 0.6 is 35.0 Å². The van der Waals surface area contributed by atoms with Crippen molar-refractivity contribution in [2.45, 2.75) is 29.9 Å². The van der Waals surface area contributed by atoms with Crippen LogP contribution in [0.3, 0.4) is 0 Å². The molecule has 31 heavy (non-hydrogen) atoms. The van der Waals surface area contributed by atoms with Gasteiger partial charge < -0.3 is 10.6 Å². The average molecular weight is 473 g/mol. The number of thioether (sulfide) groups is 1. The average Bonchev–Trinajstić information content (AvgIpc) is 2.75. The lowest BCUT2D eigenvalue weighted by Gasteiger charge is -2.18. The number of rotatable bonds is 8. The molecule has 3 rings (SSSR count). The summed E-state index contributed by atoms with van der Waals surface area (Å²) in [6.45, 7) is 1.96. The van der Waals surface area contributed by atoms with Crippen molar-refractivity contribution in [3.63, 3.8) is 0 Å². The van der Waals surface area contributed by atoms with Gasteiger partial charge in [-0.05, 0) is 48.4 Å². The summed E-state index contributed by atoms with van der Waals surface area (Å²) in [7, 11) is 0. The Hall–Kier alpha value is -2.47. The number of benzene rings is 3. The Bertz CT molecular complexity index is 1060. The van der Waals surface area contributed by atoms with Crippen LogP contribution in [-0.4, -0.2) is 11.8 Å². The monoisotopic (exact) mass is 472 g/mol. The van der Waals surface area contributed by atoms with Gasteiger partial charge in [0.1, 0.15) is 5.25 Å². The Kier molecular flexibility index (Phi) is 8.41. The van der Waals surface area contributed by atoms with Gasteiger partial charge >= 0.3 is 0 Å². The van der Waals surface area contributed by atoms with Crippen molar-refractivity contribution in [1.82, 2.24) is 0 Å². The lowest BCUT2D eigenvalue weighted by atomic mass is 10.1. The summed E-state index contributed by atoms with van der Waals surface area (Å²) in [6.07, 6.45) is 1.25. The highest BCUT2D eigenvalue weighted by Gasteiger charge is 2.23. The fourth-order valence-corrected chi connectivity index (χ4v) is 4.46. The van der Waals surface area contributed by atoms with Gasteiger partial charge in [-0.1, -0.05) is 66.5 Å². The fraction of sp³-hybridized carbons (Fsp3) is 0.167. The van der Waals surface area contributed by atoms with Gasteiger partial charge in [-0.15, -0.1) is 11.8 Å². The Labute approximate surface area is 196 Å². The van der Waals surface area contributed by atoms with Gasteiger partial charge in [0.05, 0.1) is 10.7 Å². The van der Waals surface area contributed by atoms with Crippen molar-refractivity contribution in [1.29, 1.82) is 0 Å². The second-order valence-electron chi connectivity index (χ2n) is 6.85. The first-order valence-electron chi connectivity index (χ1n) is 9.83. The van der Waals surface area contributed by atoms with E-state index in [0.29, 0.717) is 27.8 Å². The molecule has 3 aromatic rings. The number of carbonyl (C=O) groups is 2. The number of halogens is 2. The minimum atomic E-state index is -0.519. The van der Waals surface area contributed by atoms with Gasteiger partial charge in [0.15, 0.2) is 0 Å². The number of hydrogen-bond acceptors (Lipinski definition) is 3. The summed E-state index contributed by atoms with van der Waals surface area (Å²) < 4.78 is 0. The number of carbonyl (C=O) groups excluding carboxylic acids is 2. The van der Waals surface area contributed by atoms with Crippen LogP contribution < -0.4 is 10.6 Å². The quantitative estimate of drug-likeness (QED) is 0.340. The Morgan fingerprint density at radius 2 is 1.71 bits per heavy atom. The standard InChI is InChI=1S/C24H22Cl2N2O2S/c1-2-7-22(29)27-18-10-6-11-19(15-18)31-23(16-8-4-3-5-9-16)24(30)28-21-13-12-17(25)14-20(21)26/h3-6,8-15,23H,2,7H2,1H3,(H,27,29)(H,28,30). The van der Waals surface area contributed by atoms with E-state index < -0.39 is 5.25 Å². The molecule has 0 bridgehead atoms. The predicted molar refractivity (Wildman–Crippen MR) is 130 cm³/mol. The van der Waals surface area contributed by atoms with Crippen LogP contribution in [0, 0.1) is 0 Å². The van der Waals surface area contributed by atoms with Crippen LogP contribution in [0.15, 0.2) is 77.7 Å². The normalized spacial score (nSPS) is 11.6. The maximum absolute atomic E-state index is 13.2. The van der Waals surface area contributed by atoms with Gasteiger partial charge in [-0.25, -0.2) is 0 Å². The van der Waals surface area contributed by atoms with Gasteiger partial charge in [0.2, 0.25) is 11.8 Å². The van der Waals surface area contributed by atoms with E-state index >= 15 is 0 Å². The summed E-state index contributed by atoms with van der Waals surface area (Å²) in [5.74, 6) is -0.236. The first-order chi connectivity index (χ1) is 15.0. The predicted octanol–water partition coefficient (Wildman–Crippen LogP) is 7.20. The molecule has 2 N–H and O–H groups in total. The van der Waals surface area contributed by atoms with Gasteiger partial charge in [-0.3, -0.25) is 9.59 Å². The minimum Gasteiger partial charge on any atom is -0.326 e. The van der Waals surface area contributed by atoms with Crippen LogP contribution in [0.1, 0.15) is 30.6 Å². The summed E-state index contributed by atoms with van der Waals surface area (Å²) in [6, 6.07) is 21.9. The molecular weight excluding hydrogens is 451 g/mol. The Morgan fingerprint density at radius 3 is 2.42 bits per heavy atom. The lowest BCUT2D eigenvalue weighted by Crippen LogP contribution is -2.19. The van der Waals surface area contributed by atoms with Gasteiger partial charge in [-0.2, -0.15) is 0 Å². The Morgan fingerprint density at radius 1 is 0.935 bits per heavy atom. The van der Waals surface area contributed by atoms with E-state index in [1.807, 2.05) is 61.5 Å². The van der Waals surface area contributed by atoms with E-state index in [4.69, 9.17) is 23.2 Å². The summed E-state index contributed by atoms with van der Waals surface area (Å²) in [5, 5.41) is 6.15. The zero-order valence-electron chi connectivity index (χ0n) is 16.9. The molecule has 0 aliphatic heterocycles. The molecule has 2 amide bonds. The van der Waals surface area contributed by atoms with Crippen molar-refractivity contribution in [3.8, 4) is 0 Å². The molecule has 0 heterocycles. The Balaban J connectivity index is 1.83. The number of hydrogen-bond donors (Lipinski definition) is 2. The zero-order valence-corrected chi connectivity index (χ0v) is 19.2. The number of anilines is 2. The van der Waals surface area contributed by atoms with E-state index in [2.05, 4.69) is 10.6 Å². The molecule has 0 aliphatic rings. The van der Waals surface area contributed by atoms with Gasteiger partial charge in [0.25, 0.3) is 0 Å². The molecule has 0 saturated carbocycles. The third-order valence-electron chi connectivity index (χ3n) is 4.38. The second kappa shape index (κ2) is 11.2. The molecule has 0 aliphatic carbocycles. The third-order valence-corrected chi connectivity index (χ3v) is 6.17.